The smallest absolute Gasteiger partial charge is 0.118 e. The molecule has 0 saturated carbocycles. The van der Waals surface area contributed by atoms with E-state index in [0.717, 1.165) is 39.7 Å². The van der Waals surface area contributed by atoms with Gasteiger partial charge < -0.3 is 4.74 Å². The third-order valence-electron chi connectivity index (χ3n) is 4.44. The first-order valence-corrected chi connectivity index (χ1v) is 9.72. The van der Waals surface area contributed by atoms with Crippen LogP contribution >= 0.6 is 23.4 Å². The lowest BCUT2D eigenvalue weighted by molar-refractivity contribution is 0.415. The number of thioether (sulfide) groups is 1. The Morgan fingerprint density at radius 2 is 1.69 bits per heavy atom. The maximum absolute atomic E-state index is 6.50. The number of fused-ring (bicyclic) bond motifs is 1. The number of rotatable bonds is 3. The molecule has 4 heteroatoms. The Bertz CT molecular complexity index is 952. The topological polar surface area (TPSA) is 21.6 Å². The van der Waals surface area contributed by atoms with Gasteiger partial charge in [0.1, 0.15) is 5.75 Å². The molecular formula is C22H18ClNOS. The number of hydrogen-bond acceptors (Lipinski definition) is 3. The second-order valence-corrected chi connectivity index (χ2v) is 7.74. The van der Waals surface area contributed by atoms with E-state index in [1.54, 1.807) is 7.11 Å². The van der Waals surface area contributed by atoms with Crippen molar-refractivity contribution in [2.24, 2.45) is 4.99 Å². The molecule has 1 aliphatic rings. The zero-order valence-electron chi connectivity index (χ0n) is 14.4. The summed E-state index contributed by atoms with van der Waals surface area (Å²) >= 11 is 8.33. The fourth-order valence-electron chi connectivity index (χ4n) is 3.09. The van der Waals surface area contributed by atoms with Crippen LogP contribution in [0.4, 0.5) is 5.69 Å². The molecule has 0 aliphatic carbocycles. The van der Waals surface area contributed by atoms with Crippen LogP contribution in [0.5, 0.6) is 5.75 Å². The third kappa shape index (κ3) is 3.50. The SMILES string of the molecule is COc1ccc(C2=Nc3ccccc3S[C@@H](c3ccccc3Cl)C2)cc1. The highest BCUT2D eigenvalue weighted by atomic mass is 35.5. The Labute approximate surface area is 162 Å². The number of ether oxygens (including phenoxy) is 1. The lowest BCUT2D eigenvalue weighted by Gasteiger charge is -2.17. The van der Waals surface area contributed by atoms with Crippen molar-refractivity contribution in [3.8, 4) is 5.75 Å². The van der Waals surface area contributed by atoms with Gasteiger partial charge in [0.25, 0.3) is 0 Å². The maximum Gasteiger partial charge on any atom is 0.118 e. The minimum absolute atomic E-state index is 0.216. The Morgan fingerprint density at radius 3 is 2.46 bits per heavy atom. The number of halogens is 1. The quantitative estimate of drug-likeness (QED) is 0.504. The summed E-state index contributed by atoms with van der Waals surface area (Å²) in [6.45, 7) is 0. The largest absolute Gasteiger partial charge is 0.497 e. The Kier molecular flexibility index (Phi) is 5.00. The molecule has 26 heavy (non-hydrogen) atoms. The van der Waals surface area contributed by atoms with Gasteiger partial charge in [0, 0.05) is 27.3 Å². The summed E-state index contributed by atoms with van der Waals surface area (Å²) in [6.07, 6.45) is 0.815. The van der Waals surface area contributed by atoms with Crippen LogP contribution in [0.3, 0.4) is 0 Å². The molecule has 0 aromatic heterocycles. The van der Waals surface area contributed by atoms with Crippen molar-refractivity contribution in [2.45, 2.75) is 16.6 Å². The van der Waals surface area contributed by atoms with Crippen molar-refractivity contribution >= 4 is 34.8 Å². The van der Waals surface area contributed by atoms with Gasteiger partial charge in [-0.2, -0.15) is 0 Å². The molecule has 3 aromatic rings. The minimum Gasteiger partial charge on any atom is -0.497 e. The van der Waals surface area contributed by atoms with E-state index in [1.807, 2.05) is 48.2 Å². The molecule has 0 spiro atoms. The molecule has 0 saturated heterocycles. The Hall–Kier alpha value is -2.23. The highest BCUT2D eigenvalue weighted by molar-refractivity contribution is 7.99. The van der Waals surface area contributed by atoms with Gasteiger partial charge in [-0.05, 0) is 53.6 Å². The first-order valence-electron chi connectivity index (χ1n) is 8.46. The molecule has 2 nitrogen and oxygen atoms in total. The molecule has 1 heterocycles. The van der Waals surface area contributed by atoms with Crippen LogP contribution in [0.1, 0.15) is 22.8 Å². The summed E-state index contributed by atoms with van der Waals surface area (Å²) in [5, 5.41) is 1.02. The predicted octanol–water partition coefficient (Wildman–Crippen LogP) is 6.71. The second kappa shape index (κ2) is 7.56. The lowest BCUT2D eigenvalue weighted by atomic mass is 10.0. The highest BCUT2D eigenvalue weighted by Gasteiger charge is 2.23. The zero-order chi connectivity index (χ0) is 17.9. The van der Waals surface area contributed by atoms with E-state index in [4.69, 9.17) is 21.3 Å². The van der Waals surface area contributed by atoms with E-state index in [9.17, 15) is 0 Å². The number of aliphatic imine (C=N–C) groups is 1. The van der Waals surface area contributed by atoms with E-state index in [-0.39, 0.29) is 5.25 Å². The summed E-state index contributed by atoms with van der Waals surface area (Å²) in [5.41, 5.74) is 4.34. The van der Waals surface area contributed by atoms with E-state index in [2.05, 4.69) is 36.4 Å². The first-order chi connectivity index (χ1) is 12.7. The van der Waals surface area contributed by atoms with Crippen LogP contribution in [0, 0.1) is 0 Å². The molecule has 0 unspecified atom stereocenters. The Balaban J connectivity index is 1.79. The standard InChI is InChI=1S/C22H18ClNOS/c1-25-16-12-10-15(11-13-16)20-14-22(17-6-2-3-7-18(17)23)26-21-9-5-4-8-19(21)24-20/h2-13,22H,14H2,1H3/t22-/m1/s1. The van der Waals surface area contributed by atoms with Crippen LogP contribution in [0.2, 0.25) is 5.02 Å². The molecule has 3 aromatic carbocycles. The molecule has 1 atom stereocenters. The first kappa shape index (κ1) is 17.2. The summed E-state index contributed by atoms with van der Waals surface area (Å²) in [4.78, 5) is 6.16. The molecular weight excluding hydrogens is 362 g/mol. The molecule has 0 amide bonds. The second-order valence-electron chi connectivity index (χ2n) is 6.09. The van der Waals surface area contributed by atoms with Gasteiger partial charge in [0.2, 0.25) is 0 Å². The van der Waals surface area contributed by atoms with Gasteiger partial charge in [-0.1, -0.05) is 41.9 Å². The van der Waals surface area contributed by atoms with Gasteiger partial charge >= 0.3 is 0 Å². The van der Waals surface area contributed by atoms with Gasteiger partial charge in [-0.3, -0.25) is 4.99 Å². The molecule has 0 radical (unpaired) electrons. The maximum atomic E-state index is 6.50. The third-order valence-corrected chi connectivity index (χ3v) is 6.09. The average molecular weight is 380 g/mol. The average Bonchev–Trinajstić information content (AvgIpc) is 2.88. The minimum atomic E-state index is 0.216. The van der Waals surface area contributed by atoms with Crippen molar-refractivity contribution in [3.05, 3.63) is 88.9 Å². The van der Waals surface area contributed by atoms with Gasteiger partial charge in [0.05, 0.1) is 12.8 Å². The fraction of sp³-hybridized carbons (Fsp3) is 0.136. The van der Waals surface area contributed by atoms with Crippen molar-refractivity contribution < 1.29 is 4.74 Å². The number of nitrogens with zero attached hydrogens (tertiary/aromatic N) is 1. The highest BCUT2D eigenvalue weighted by Crippen LogP contribution is 2.47. The Morgan fingerprint density at radius 1 is 0.962 bits per heavy atom. The van der Waals surface area contributed by atoms with Crippen LogP contribution in [0.25, 0.3) is 0 Å². The predicted molar refractivity (Wildman–Crippen MR) is 110 cm³/mol. The summed E-state index contributed by atoms with van der Waals surface area (Å²) < 4.78 is 5.28. The lowest BCUT2D eigenvalue weighted by Crippen LogP contribution is -2.06. The monoisotopic (exact) mass is 379 g/mol. The zero-order valence-corrected chi connectivity index (χ0v) is 15.9. The number of hydrogen-bond donors (Lipinski definition) is 0. The fourth-order valence-corrected chi connectivity index (χ4v) is 4.69. The van der Waals surface area contributed by atoms with Crippen molar-refractivity contribution in [3.63, 3.8) is 0 Å². The van der Waals surface area contributed by atoms with Crippen molar-refractivity contribution in [1.29, 1.82) is 0 Å². The molecule has 4 rings (SSSR count). The number of para-hydroxylation sites is 1. The van der Waals surface area contributed by atoms with E-state index in [1.165, 1.54) is 4.90 Å². The molecule has 0 N–H and O–H groups in total. The number of benzene rings is 3. The van der Waals surface area contributed by atoms with Crippen molar-refractivity contribution in [2.75, 3.05) is 7.11 Å². The van der Waals surface area contributed by atoms with E-state index >= 15 is 0 Å². The van der Waals surface area contributed by atoms with E-state index in [0.29, 0.717) is 0 Å². The van der Waals surface area contributed by atoms with Gasteiger partial charge in [-0.25, -0.2) is 0 Å². The van der Waals surface area contributed by atoms with Crippen LogP contribution in [-0.2, 0) is 0 Å². The molecule has 1 aliphatic heterocycles. The number of methoxy groups -OCH3 is 1. The van der Waals surface area contributed by atoms with Gasteiger partial charge in [-0.15, -0.1) is 11.8 Å². The van der Waals surface area contributed by atoms with Gasteiger partial charge in [0.15, 0.2) is 0 Å². The van der Waals surface area contributed by atoms with Crippen LogP contribution in [-0.4, -0.2) is 12.8 Å². The molecule has 130 valence electrons. The van der Waals surface area contributed by atoms with Crippen LogP contribution in [0.15, 0.2) is 82.7 Å². The van der Waals surface area contributed by atoms with Crippen molar-refractivity contribution in [1.82, 2.24) is 0 Å². The molecule has 0 fully saturated rings. The summed E-state index contributed by atoms with van der Waals surface area (Å²) in [6, 6.07) is 24.5. The normalized spacial score (nSPS) is 16.4. The molecule has 0 bridgehead atoms. The van der Waals surface area contributed by atoms with Crippen LogP contribution < -0.4 is 4.74 Å². The summed E-state index contributed by atoms with van der Waals surface area (Å²) in [5.74, 6) is 0.848. The van der Waals surface area contributed by atoms with E-state index < -0.39 is 0 Å². The summed E-state index contributed by atoms with van der Waals surface area (Å²) in [7, 11) is 1.68.